The van der Waals surface area contributed by atoms with Crippen molar-refractivity contribution in [1.29, 1.82) is 0 Å². The van der Waals surface area contributed by atoms with Gasteiger partial charge in [0.2, 0.25) is 0 Å². The van der Waals surface area contributed by atoms with E-state index in [1.165, 1.54) is 26.2 Å². The van der Waals surface area contributed by atoms with Crippen molar-refractivity contribution in [3.63, 3.8) is 0 Å². The molecule has 5 nitrogen and oxygen atoms in total. The summed E-state index contributed by atoms with van der Waals surface area (Å²) in [6.07, 6.45) is -7.85. The number of benzene rings is 1. The van der Waals surface area contributed by atoms with Gasteiger partial charge in [-0.15, -0.1) is 0 Å². The van der Waals surface area contributed by atoms with E-state index in [2.05, 4.69) is 10.1 Å². The SMILES string of the molecule is COc1ccc(N)cc1NC(=O)C(C)OC(C)C(F)(F)F. The van der Waals surface area contributed by atoms with Gasteiger partial charge >= 0.3 is 6.18 Å². The number of hydrogen-bond acceptors (Lipinski definition) is 4. The average molecular weight is 306 g/mol. The quantitative estimate of drug-likeness (QED) is 0.820. The molecule has 0 saturated carbocycles. The molecule has 1 aromatic rings. The predicted molar refractivity (Wildman–Crippen MR) is 72.1 cm³/mol. The van der Waals surface area contributed by atoms with Crippen molar-refractivity contribution in [2.75, 3.05) is 18.2 Å². The minimum Gasteiger partial charge on any atom is -0.495 e. The topological polar surface area (TPSA) is 73.6 Å². The molecule has 3 N–H and O–H groups in total. The smallest absolute Gasteiger partial charge is 0.414 e. The summed E-state index contributed by atoms with van der Waals surface area (Å²) in [6, 6.07) is 4.55. The molecule has 8 heteroatoms. The highest BCUT2D eigenvalue weighted by Gasteiger charge is 2.38. The number of hydrogen-bond donors (Lipinski definition) is 2. The fraction of sp³-hybridized carbons (Fsp3) is 0.462. The molecule has 0 aromatic heterocycles. The maximum Gasteiger partial charge on any atom is 0.414 e. The Kier molecular flexibility index (Phi) is 5.42. The molecule has 0 heterocycles. The fourth-order valence-electron chi connectivity index (χ4n) is 1.50. The van der Waals surface area contributed by atoms with Gasteiger partial charge in [-0.3, -0.25) is 4.79 Å². The number of rotatable bonds is 5. The molecule has 118 valence electrons. The molecular formula is C13H17F3N2O3. The normalized spacial score (nSPS) is 14.4. The maximum atomic E-state index is 12.4. The Labute approximate surface area is 120 Å². The summed E-state index contributed by atoms with van der Waals surface area (Å²) in [5.74, 6) is -0.386. The molecular weight excluding hydrogens is 289 g/mol. The van der Waals surface area contributed by atoms with Gasteiger partial charge in [0.25, 0.3) is 5.91 Å². The van der Waals surface area contributed by atoms with Gasteiger partial charge in [0.1, 0.15) is 11.9 Å². The second-order valence-electron chi connectivity index (χ2n) is 4.41. The van der Waals surface area contributed by atoms with Crippen LogP contribution in [-0.2, 0) is 9.53 Å². The Balaban J connectivity index is 2.75. The van der Waals surface area contributed by atoms with Crippen molar-refractivity contribution in [1.82, 2.24) is 0 Å². The fourth-order valence-corrected chi connectivity index (χ4v) is 1.50. The zero-order valence-corrected chi connectivity index (χ0v) is 11.8. The lowest BCUT2D eigenvalue weighted by molar-refractivity contribution is -0.223. The molecule has 0 radical (unpaired) electrons. The number of carbonyl (C=O) groups excluding carboxylic acids is 1. The summed E-state index contributed by atoms with van der Waals surface area (Å²) < 4.78 is 46.8. The van der Waals surface area contributed by atoms with Gasteiger partial charge in [0.05, 0.1) is 12.8 Å². The molecule has 0 aliphatic rings. The molecule has 2 atom stereocenters. The number of nitrogens with two attached hydrogens (primary N) is 1. The maximum absolute atomic E-state index is 12.4. The first-order valence-corrected chi connectivity index (χ1v) is 6.11. The standard InChI is InChI=1S/C13H17F3N2O3/c1-7(21-8(2)13(14,15)16)12(19)18-10-6-9(17)4-5-11(10)20-3/h4-8H,17H2,1-3H3,(H,18,19). The summed E-state index contributed by atoms with van der Waals surface area (Å²) in [4.78, 5) is 11.9. The van der Waals surface area contributed by atoms with E-state index >= 15 is 0 Å². The highest BCUT2D eigenvalue weighted by atomic mass is 19.4. The van der Waals surface area contributed by atoms with Crippen LogP contribution in [0.3, 0.4) is 0 Å². The first-order chi connectivity index (χ1) is 9.65. The molecule has 1 rings (SSSR count). The largest absolute Gasteiger partial charge is 0.495 e. The molecule has 0 spiro atoms. The van der Waals surface area contributed by atoms with Crippen LogP contribution in [0.5, 0.6) is 5.75 Å². The third kappa shape index (κ3) is 4.82. The Morgan fingerprint density at radius 3 is 2.48 bits per heavy atom. The number of alkyl halides is 3. The summed E-state index contributed by atoms with van der Waals surface area (Å²) >= 11 is 0. The van der Waals surface area contributed by atoms with E-state index in [1.807, 2.05) is 0 Å². The highest BCUT2D eigenvalue weighted by molar-refractivity contribution is 5.95. The second kappa shape index (κ2) is 6.66. The number of anilines is 2. The van der Waals surface area contributed by atoms with E-state index < -0.39 is 24.3 Å². The minimum absolute atomic E-state index is 0.262. The van der Waals surface area contributed by atoms with Crippen LogP contribution in [0, 0.1) is 0 Å². The van der Waals surface area contributed by atoms with E-state index in [1.54, 1.807) is 6.07 Å². The summed E-state index contributed by atoms with van der Waals surface area (Å²) in [6.45, 7) is 2.07. The minimum atomic E-state index is -4.52. The van der Waals surface area contributed by atoms with Crippen molar-refractivity contribution in [3.8, 4) is 5.75 Å². The van der Waals surface area contributed by atoms with E-state index in [0.29, 0.717) is 11.4 Å². The van der Waals surface area contributed by atoms with Crippen LogP contribution < -0.4 is 15.8 Å². The molecule has 2 unspecified atom stereocenters. The van der Waals surface area contributed by atoms with Crippen LogP contribution in [0.25, 0.3) is 0 Å². The molecule has 0 fully saturated rings. The predicted octanol–water partition coefficient (Wildman–Crippen LogP) is 2.57. The van der Waals surface area contributed by atoms with Crippen molar-refractivity contribution in [3.05, 3.63) is 18.2 Å². The van der Waals surface area contributed by atoms with Gasteiger partial charge in [0.15, 0.2) is 6.10 Å². The van der Waals surface area contributed by atoms with E-state index in [9.17, 15) is 18.0 Å². The first kappa shape index (κ1) is 17.1. The number of halogens is 3. The summed E-state index contributed by atoms with van der Waals surface area (Å²) in [5.41, 5.74) is 6.22. The lowest BCUT2D eigenvalue weighted by Gasteiger charge is -2.21. The Morgan fingerprint density at radius 1 is 1.33 bits per heavy atom. The molecule has 1 amide bonds. The molecule has 0 saturated heterocycles. The summed E-state index contributed by atoms with van der Waals surface area (Å²) in [7, 11) is 1.40. The van der Waals surface area contributed by atoms with Gasteiger partial charge in [-0.05, 0) is 32.0 Å². The van der Waals surface area contributed by atoms with Gasteiger partial charge in [-0.25, -0.2) is 0 Å². The number of amides is 1. The van der Waals surface area contributed by atoms with E-state index in [4.69, 9.17) is 10.5 Å². The first-order valence-electron chi connectivity index (χ1n) is 6.11. The average Bonchev–Trinajstić information content (AvgIpc) is 2.37. The Bertz CT molecular complexity index is 506. The monoisotopic (exact) mass is 306 g/mol. The van der Waals surface area contributed by atoms with E-state index in [0.717, 1.165) is 6.92 Å². The van der Waals surface area contributed by atoms with Gasteiger partial charge in [-0.2, -0.15) is 13.2 Å². The van der Waals surface area contributed by atoms with Crippen LogP contribution >= 0.6 is 0 Å². The Hall–Kier alpha value is -1.96. The second-order valence-corrected chi connectivity index (χ2v) is 4.41. The molecule has 0 aliphatic carbocycles. The van der Waals surface area contributed by atoms with Crippen molar-refractivity contribution in [2.24, 2.45) is 0 Å². The molecule has 21 heavy (non-hydrogen) atoms. The number of ether oxygens (including phenoxy) is 2. The van der Waals surface area contributed by atoms with Gasteiger partial charge < -0.3 is 20.5 Å². The third-order valence-corrected chi connectivity index (χ3v) is 2.72. The summed E-state index contributed by atoms with van der Waals surface area (Å²) in [5, 5.41) is 2.42. The van der Waals surface area contributed by atoms with Crippen LogP contribution in [0.2, 0.25) is 0 Å². The van der Waals surface area contributed by atoms with E-state index in [-0.39, 0.29) is 5.69 Å². The van der Waals surface area contributed by atoms with Gasteiger partial charge in [-0.1, -0.05) is 0 Å². The van der Waals surface area contributed by atoms with Gasteiger partial charge in [0, 0.05) is 5.69 Å². The lowest BCUT2D eigenvalue weighted by Crippen LogP contribution is -2.37. The van der Waals surface area contributed by atoms with Crippen molar-refractivity contribution in [2.45, 2.75) is 32.2 Å². The Morgan fingerprint density at radius 2 is 1.95 bits per heavy atom. The van der Waals surface area contributed by atoms with Crippen molar-refractivity contribution < 1.29 is 27.4 Å². The lowest BCUT2D eigenvalue weighted by atomic mass is 10.2. The van der Waals surface area contributed by atoms with Crippen LogP contribution in [0.4, 0.5) is 24.5 Å². The molecule has 0 aliphatic heterocycles. The zero-order chi connectivity index (χ0) is 16.2. The number of carbonyl (C=O) groups is 1. The number of methoxy groups -OCH3 is 1. The van der Waals surface area contributed by atoms with Crippen LogP contribution in [0.15, 0.2) is 18.2 Å². The van der Waals surface area contributed by atoms with Crippen LogP contribution in [-0.4, -0.2) is 31.4 Å². The van der Waals surface area contributed by atoms with Crippen molar-refractivity contribution >= 4 is 17.3 Å². The third-order valence-electron chi connectivity index (χ3n) is 2.72. The zero-order valence-electron chi connectivity index (χ0n) is 11.8. The number of nitrogens with one attached hydrogen (secondary N) is 1. The highest BCUT2D eigenvalue weighted by Crippen LogP contribution is 2.27. The molecule has 0 bridgehead atoms. The molecule has 1 aromatic carbocycles. The van der Waals surface area contributed by atoms with Crippen LogP contribution in [0.1, 0.15) is 13.8 Å². The number of nitrogen functional groups attached to an aromatic ring is 1.